The Morgan fingerprint density at radius 1 is 1.00 bits per heavy atom. The van der Waals surface area contributed by atoms with E-state index in [4.69, 9.17) is 0 Å². The topological polar surface area (TPSA) is 99.8 Å². The SMILES string of the molecule is O=C(CNC(=O)c1ccc2n[nH]nc2c1)Nc1ccccc1. The van der Waals surface area contributed by atoms with Crippen molar-refractivity contribution in [3.05, 3.63) is 54.1 Å². The van der Waals surface area contributed by atoms with E-state index in [0.29, 0.717) is 22.3 Å². The molecule has 0 saturated heterocycles. The molecule has 1 aromatic heterocycles. The Morgan fingerprint density at radius 2 is 1.77 bits per heavy atom. The fourth-order valence-corrected chi connectivity index (χ4v) is 1.97. The van der Waals surface area contributed by atoms with Crippen LogP contribution in [0.4, 0.5) is 5.69 Å². The number of carbonyl (C=O) groups excluding carboxylic acids is 2. The number of carbonyl (C=O) groups is 2. The van der Waals surface area contributed by atoms with Gasteiger partial charge in [-0.05, 0) is 30.3 Å². The van der Waals surface area contributed by atoms with E-state index < -0.39 is 0 Å². The number of rotatable bonds is 4. The maximum atomic E-state index is 12.0. The van der Waals surface area contributed by atoms with Crippen LogP contribution in [-0.2, 0) is 4.79 Å². The molecule has 3 N–H and O–H groups in total. The zero-order valence-electron chi connectivity index (χ0n) is 11.5. The number of hydrogen-bond acceptors (Lipinski definition) is 4. The van der Waals surface area contributed by atoms with Crippen molar-refractivity contribution >= 4 is 28.5 Å². The number of benzene rings is 2. The van der Waals surface area contributed by atoms with Crippen molar-refractivity contribution in [1.82, 2.24) is 20.7 Å². The molecule has 7 nitrogen and oxygen atoms in total. The number of para-hydroxylation sites is 1. The molecule has 2 amide bonds. The van der Waals surface area contributed by atoms with Crippen molar-refractivity contribution in [2.45, 2.75) is 0 Å². The predicted octanol–water partition coefficient (Wildman–Crippen LogP) is 1.33. The number of amides is 2. The molecular weight excluding hydrogens is 282 g/mol. The fourth-order valence-electron chi connectivity index (χ4n) is 1.97. The van der Waals surface area contributed by atoms with Crippen molar-refractivity contribution in [3.63, 3.8) is 0 Å². The third kappa shape index (κ3) is 3.09. The van der Waals surface area contributed by atoms with Crippen LogP contribution >= 0.6 is 0 Å². The molecule has 22 heavy (non-hydrogen) atoms. The molecule has 0 aliphatic heterocycles. The standard InChI is InChI=1S/C15H13N5O2/c21-14(17-11-4-2-1-3-5-11)9-16-15(22)10-6-7-12-13(8-10)19-20-18-12/h1-8H,9H2,(H,16,22)(H,17,21)(H,18,19,20). The smallest absolute Gasteiger partial charge is 0.251 e. The zero-order chi connectivity index (χ0) is 15.4. The molecule has 0 spiro atoms. The van der Waals surface area contributed by atoms with Gasteiger partial charge >= 0.3 is 0 Å². The third-order valence-corrected chi connectivity index (χ3v) is 3.05. The van der Waals surface area contributed by atoms with Crippen molar-refractivity contribution in [3.8, 4) is 0 Å². The van der Waals surface area contributed by atoms with Crippen molar-refractivity contribution in [1.29, 1.82) is 0 Å². The molecule has 3 rings (SSSR count). The molecule has 0 atom stereocenters. The first-order chi connectivity index (χ1) is 10.7. The Hall–Kier alpha value is -3.22. The van der Waals surface area contributed by atoms with Crippen molar-refractivity contribution in [2.24, 2.45) is 0 Å². The summed E-state index contributed by atoms with van der Waals surface area (Å²) in [6.45, 7) is -0.107. The minimum Gasteiger partial charge on any atom is -0.343 e. The molecule has 3 aromatic rings. The van der Waals surface area contributed by atoms with Crippen LogP contribution in [0.5, 0.6) is 0 Å². The van der Waals surface area contributed by atoms with E-state index in [9.17, 15) is 9.59 Å². The van der Waals surface area contributed by atoms with Gasteiger partial charge in [-0.25, -0.2) is 0 Å². The summed E-state index contributed by atoms with van der Waals surface area (Å²) in [5, 5.41) is 15.6. The highest BCUT2D eigenvalue weighted by Gasteiger charge is 2.10. The summed E-state index contributed by atoms with van der Waals surface area (Å²) in [5.74, 6) is -0.629. The van der Waals surface area contributed by atoms with Gasteiger partial charge in [-0.1, -0.05) is 18.2 Å². The van der Waals surface area contributed by atoms with Crippen molar-refractivity contribution in [2.75, 3.05) is 11.9 Å². The first kappa shape index (κ1) is 13.7. The van der Waals surface area contributed by atoms with Crippen molar-refractivity contribution < 1.29 is 9.59 Å². The molecule has 0 radical (unpaired) electrons. The lowest BCUT2D eigenvalue weighted by Gasteiger charge is -2.06. The van der Waals surface area contributed by atoms with Crippen LogP contribution in [0.25, 0.3) is 11.0 Å². The predicted molar refractivity (Wildman–Crippen MR) is 81.3 cm³/mol. The number of nitrogens with one attached hydrogen (secondary N) is 3. The van der Waals surface area contributed by atoms with Gasteiger partial charge in [0.15, 0.2) is 0 Å². The Kier molecular flexibility index (Phi) is 3.78. The van der Waals surface area contributed by atoms with Gasteiger partial charge in [0, 0.05) is 11.3 Å². The molecule has 0 unspecified atom stereocenters. The van der Waals surface area contributed by atoms with Crippen LogP contribution in [0, 0.1) is 0 Å². The Morgan fingerprint density at radius 3 is 2.59 bits per heavy atom. The first-order valence-corrected chi connectivity index (χ1v) is 6.66. The summed E-state index contributed by atoms with van der Waals surface area (Å²) in [4.78, 5) is 23.8. The quantitative estimate of drug-likeness (QED) is 0.676. The summed E-state index contributed by atoms with van der Waals surface area (Å²) in [6.07, 6.45) is 0. The monoisotopic (exact) mass is 295 g/mol. The second-order valence-electron chi connectivity index (χ2n) is 4.62. The Bertz CT molecular complexity index is 813. The molecule has 1 heterocycles. The molecule has 2 aromatic carbocycles. The van der Waals surface area contributed by atoms with Crippen LogP contribution < -0.4 is 10.6 Å². The Labute approximate surface area is 125 Å². The van der Waals surface area contributed by atoms with Crippen LogP contribution in [0.2, 0.25) is 0 Å². The molecule has 110 valence electrons. The lowest BCUT2D eigenvalue weighted by molar-refractivity contribution is -0.115. The number of H-pyrrole nitrogens is 1. The lowest BCUT2D eigenvalue weighted by Crippen LogP contribution is -2.32. The molecule has 0 fully saturated rings. The van der Waals surface area contributed by atoms with E-state index in [1.165, 1.54) is 0 Å². The summed E-state index contributed by atoms with van der Waals surface area (Å²) < 4.78 is 0. The number of aromatic nitrogens is 3. The van der Waals surface area contributed by atoms with E-state index in [1.807, 2.05) is 18.2 Å². The first-order valence-electron chi connectivity index (χ1n) is 6.66. The van der Waals surface area contributed by atoms with Gasteiger partial charge in [0.25, 0.3) is 5.91 Å². The number of anilines is 1. The van der Waals surface area contributed by atoms with E-state index >= 15 is 0 Å². The molecular formula is C15H13N5O2. The largest absolute Gasteiger partial charge is 0.343 e. The van der Waals surface area contributed by atoms with Crippen LogP contribution in [0.15, 0.2) is 48.5 Å². The molecule has 0 saturated carbocycles. The third-order valence-electron chi connectivity index (χ3n) is 3.05. The maximum absolute atomic E-state index is 12.0. The van der Waals surface area contributed by atoms with Crippen LogP contribution in [-0.4, -0.2) is 33.8 Å². The molecule has 0 aliphatic rings. The number of fused-ring (bicyclic) bond motifs is 1. The average Bonchev–Trinajstić information content (AvgIpc) is 3.01. The highest BCUT2D eigenvalue weighted by Crippen LogP contribution is 2.10. The second-order valence-corrected chi connectivity index (χ2v) is 4.62. The second kappa shape index (κ2) is 6.04. The summed E-state index contributed by atoms with van der Waals surface area (Å²) in [6, 6.07) is 14.0. The highest BCUT2D eigenvalue weighted by atomic mass is 16.2. The average molecular weight is 295 g/mol. The normalized spacial score (nSPS) is 10.4. The minimum atomic E-state index is -0.340. The molecule has 7 heteroatoms. The van der Waals surface area contributed by atoms with Crippen LogP contribution in [0.1, 0.15) is 10.4 Å². The van der Waals surface area contributed by atoms with Gasteiger partial charge in [0.05, 0.1) is 6.54 Å². The number of aromatic amines is 1. The fraction of sp³-hybridized carbons (Fsp3) is 0.0667. The van der Waals surface area contributed by atoms with Gasteiger partial charge < -0.3 is 10.6 Å². The minimum absolute atomic E-state index is 0.107. The van der Waals surface area contributed by atoms with Gasteiger partial charge in [0.1, 0.15) is 11.0 Å². The lowest BCUT2D eigenvalue weighted by atomic mass is 10.2. The van der Waals surface area contributed by atoms with Gasteiger partial charge in [-0.3, -0.25) is 9.59 Å². The van der Waals surface area contributed by atoms with E-state index in [0.717, 1.165) is 0 Å². The van der Waals surface area contributed by atoms with Gasteiger partial charge in [-0.15, -0.1) is 0 Å². The molecule has 0 bridgehead atoms. The summed E-state index contributed by atoms with van der Waals surface area (Å²) >= 11 is 0. The zero-order valence-corrected chi connectivity index (χ0v) is 11.5. The van der Waals surface area contributed by atoms with Gasteiger partial charge in [0.2, 0.25) is 5.91 Å². The van der Waals surface area contributed by atoms with E-state index in [-0.39, 0.29) is 18.4 Å². The van der Waals surface area contributed by atoms with E-state index in [1.54, 1.807) is 30.3 Å². The summed E-state index contributed by atoms with van der Waals surface area (Å²) in [5.41, 5.74) is 2.39. The maximum Gasteiger partial charge on any atom is 0.251 e. The Balaban J connectivity index is 1.58. The highest BCUT2D eigenvalue weighted by molar-refractivity contribution is 6.00. The number of hydrogen-bond donors (Lipinski definition) is 3. The molecule has 0 aliphatic carbocycles. The van der Waals surface area contributed by atoms with Crippen LogP contribution in [0.3, 0.4) is 0 Å². The van der Waals surface area contributed by atoms with Gasteiger partial charge in [-0.2, -0.15) is 15.4 Å². The van der Waals surface area contributed by atoms with E-state index in [2.05, 4.69) is 26.0 Å². The summed E-state index contributed by atoms with van der Waals surface area (Å²) in [7, 11) is 0. The number of nitrogens with zero attached hydrogens (tertiary/aromatic N) is 2.